The summed E-state index contributed by atoms with van der Waals surface area (Å²) in [6.45, 7) is 0.495. The van der Waals surface area contributed by atoms with Gasteiger partial charge in [-0.05, 0) is 22.4 Å². The van der Waals surface area contributed by atoms with Crippen molar-refractivity contribution in [1.29, 1.82) is 0 Å². The number of methoxy groups -OCH3 is 1. The molecule has 0 saturated carbocycles. The Hall–Kier alpha value is -0.920. The minimum Gasteiger partial charge on any atom is -0.396 e. The Morgan fingerprint density at radius 1 is 1.75 bits per heavy atom. The van der Waals surface area contributed by atoms with Crippen LogP contribution in [0.2, 0.25) is 0 Å². The third-order valence-corrected chi connectivity index (χ3v) is 2.79. The summed E-state index contributed by atoms with van der Waals surface area (Å²) in [5, 5.41) is 17.9. The van der Waals surface area contributed by atoms with Gasteiger partial charge in [-0.3, -0.25) is 4.79 Å². The Morgan fingerprint density at radius 3 is 3.12 bits per heavy atom. The molecule has 1 unspecified atom stereocenters. The number of rotatable bonds is 6. The fourth-order valence-corrected chi connectivity index (χ4v) is 1.56. The summed E-state index contributed by atoms with van der Waals surface area (Å²) in [6.07, 6.45) is 2.04. The van der Waals surface area contributed by atoms with Crippen LogP contribution in [0.25, 0.3) is 0 Å². The van der Waals surface area contributed by atoms with Gasteiger partial charge in [-0.1, -0.05) is 0 Å². The van der Waals surface area contributed by atoms with Gasteiger partial charge in [0.2, 0.25) is 0 Å². The van der Waals surface area contributed by atoms with E-state index in [9.17, 15) is 4.79 Å². The lowest BCUT2D eigenvalue weighted by atomic mass is 10.2. The molecule has 0 aromatic carbocycles. The van der Waals surface area contributed by atoms with Crippen molar-refractivity contribution in [1.82, 2.24) is 10.2 Å². The molecule has 0 saturated heterocycles. The molecule has 0 bridgehead atoms. The normalized spacial score (nSPS) is 12.4. The Labute approximate surface area is 101 Å². The SMILES string of the molecule is COCC(CCO)Nc1cn[nH]c(=O)c1Br. The Morgan fingerprint density at radius 2 is 2.50 bits per heavy atom. The van der Waals surface area contributed by atoms with Gasteiger partial charge >= 0.3 is 0 Å². The predicted octanol–water partition coefficient (Wildman–Crippen LogP) is 0.342. The van der Waals surface area contributed by atoms with Crippen molar-refractivity contribution < 1.29 is 9.84 Å². The number of hydrogen-bond donors (Lipinski definition) is 3. The first-order valence-corrected chi connectivity index (χ1v) is 5.57. The number of aliphatic hydroxyl groups is 1. The molecule has 7 heteroatoms. The van der Waals surface area contributed by atoms with E-state index in [0.717, 1.165) is 0 Å². The zero-order chi connectivity index (χ0) is 12.0. The number of halogens is 1. The minimum absolute atomic E-state index is 0.0509. The van der Waals surface area contributed by atoms with Gasteiger partial charge in [-0.2, -0.15) is 5.10 Å². The van der Waals surface area contributed by atoms with Crippen LogP contribution in [0.1, 0.15) is 6.42 Å². The van der Waals surface area contributed by atoms with Crippen molar-refractivity contribution in [2.24, 2.45) is 0 Å². The Balaban J connectivity index is 2.76. The van der Waals surface area contributed by atoms with E-state index < -0.39 is 0 Å². The maximum absolute atomic E-state index is 11.3. The summed E-state index contributed by atoms with van der Waals surface area (Å²) in [5.41, 5.74) is 0.282. The van der Waals surface area contributed by atoms with Gasteiger partial charge < -0.3 is 15.2 Å². The largest absolute Gasteiger partial charge is 0.396 e. The molecule has 0 spiro atoms. The van der Waals surface area contributed by atoms with Gasteiger partial charge in [0.05, 0.1) is 24.5 Å². The van der Waals surface area contributed by atoms with E-state index in [1.165, 1.54) is 6.20 Å². The number of anilines is 1. The first-order valence-electron chi connectivity index (χ1n) is 4.78. The van der Waals surface area contributed by atoms with Crippen LogP contribution in [0.4, 0.5) is 5.69 Å². The van der Waals surface area contributed by atoms with E-state index in [2.05, 4.69) is 31.4 Å². The summed E-state index contributed by atoms with van der Waals surface area (Å²) < 4.78 is 5.39. The van der Waals surface area contributed by atoms with Gasteiger partial charge in [0.25, 0.3) is 5.56 Å². The highest BCUT2D eigenvalue weighted by Crippen LogP contribution is 2.17. The van der Waals surface area contributed by atoms with E-state index in [0.29, 0.717) is 23.2 Å². The molecule has 1 heterocycles. The van der Waals surface area contributed by atoms with Crippen molar-refractivity contribution in [3.63, 3.8) is 0 Å². The van der Waals surface area contributed by atoms with E-state index in [4.69, 9.17) is 9.84 Å². The van der Waals surface area contributed by atoms with Gasteiger partial charge in [0, 0.05) is 13.7 Å². The van der Waals surface area contributed by atoms with Crippen LogP contribution in [0.5, 0.6) is 0 Å². The third kappa shape index (κ3) is 3.58. The van der Waals surface area contributed by atoms with Crippen LogP contribution in [0, 0.1) is 0 Å². The fourth-order valence-electron chi connectivity index (χ4n) is 1.26. The average molecular weight is 292 g/mol. The molecule has 1 atom stereocenters. The van der Waals surface area contributed by atoms with Crippen LogP contribution in [-0.4, -0.2) is 41.7 Å². The van der Waals surface area contributed by atoms with Gasteiger partial charge in [-0.15, -0.1) is 0 Å². The van der Waals surface area contributed by atoms with Crippen molar-refractivity contribution in [2.75, 3.05) is 25.6 Å². The zero-order valence-electron chi connectivity index (χ0n) is 8.86. The third-order valence-electron chi connectivity index (χ3n) is 2.00. The molecule has 0 radical (unpaired) electrons. The molecule has 3 N–H and O–H groups in total. The van der Waals surface area contributed by atoms with E-state index in [1.54, 1.807) is 7.11 Å². The van der Waals surface area contributed by atoms with E-state index in [-0.39, 0.29) is 18.2 Å². The van der Waals surface area contributed by atoms with Crippen molar-refractivity contribution >= 4 is 21.6 Å². The number of hydrogen-bond acceptors (Lipinski definition) is 5. The molecule has 0 amide bonds. The molecule has 0 fully saturated rings. The molecule has 16 heavy (non-hydrogen) atoms. The first-order chi connectivity index (χ1) is 7.69. The smallest absolute Gasteiger partial charge is 0.280 e. The maximum Gasteiger partial charge on any atom is 0.280 e. The summed E-state index contributed by atoms with van der Waals surface area (Å²) in [4.78, 5) is 11.3. The van der Waals surface area contributed by atoms with Crippen LogP contribution in [0.3, 0.4) is 0 Å². The van der Waals surface area contributed by atoms with Crippen molar-refractivity contribution in [3.05, 3.63) is 21.0 Å². The highest BCUT2D eigenvalue weighted by Gasteiger charge is 2.11. The molecule has 1 rings (SSSR count). The van der Waals surface area contributed by atoms with Gasteiger partial charge in [0.1, 0.15) is 4.47 Å². The monoisotopic (exact) mass is 291 g/mol. The topological polar surface area (TPSA) is 87.2 Å². The van der Waals surface area contributed by atoms with Gasteiger partial charge in [0.15, 0.2) is 0 Å². The highest BCUT2D eigenvalue weighted by atomic mass is 79.9. The van der Waals surface area contributed by atoms with Crippen LogP contribution >= 0.6 is 15.9 Å². The second-order valence-corrected chi connectivity index (χ2v) is 4.03. The number of ether oxygens (including phenoxy) is 1. The van der Waals surface area contributed by atoms with Gasteiger partial charge in [-0.25, -0.2) is 5.10 Å². The number of aromatic nitrogens is 2. The fraction of sp³-hybridized carbons (Fsp3) is 0.556. The van der Waals surface area contributed by atoms with Crippen LogP contribution in [0.15, 0.2) is 15.5 Å². The number of aliphatic hydroxyl groups excluding tert-OH is 1. The molecular weight excluding hydrogens is 278 g/mol. The molecule has 6 nitrogen and oxygen atoms in total. The molecule has 0 aliphatic rings. The molecule has 90 valence electrons. The second-order valence-electron chi connectivity index (χ2n) is 3.24. The average Bonchev–Trinajstić information content (AvgIpc) is 2.25. The summed E-state index contributed by atoms with van der Waals surface area (Å²) in [5.74, 6) is 0. The second kappa shape index (κ2) is 6.62. The number of H-pyrrole nitrogens is 1. The summed E-state index contributed by atoms with van der Waals surface area (Å²) in [6, 6.07) is -0.0603. The van der Waals surface area contributed by atoms with E-state index in [1.807, 2.05) is 0 Å². The van der Waals surface area contributed by atoms with Crippen LogP contribution in [-0.2, 0) is 4.74 Å². The number of nitrogens with zero attached hydrogens (tertiary/aromatic N) is 1. The Kier molecular flexibility index (Phi) is 5.44. The lowest BCUT2D eigenvalue weighted by Gasteiger charge is -2.18. The maximum atomic E-state index is 11.3. The summed E-state index contributed by atoms with van der Waals surface area (Å²) in [7, 11) is 1.58. The number of aromatic amines is 1. The van der Waals surface area contributed by atoms with E-state index >= 15 is 0 Å². The summed E-state index contributed by atoms with van der Waals surface area (Å²) >= 11 is 3.16. The molecule has 1 aromatic heterocycles. The van der Waals surface area contributed by atoms with Crippen LogP contribution < -0.4 is 10.9 Å². The standard InChI is InChI=1S/C9H14BrN3O3/c1-16-5-6(2-3-14)12-7-4-11-13-9(15)8(7)10/h4,6,14H,2-3,5H2,1H3,(H2,12,13,15). The van der Waals surface area contributed by atoms with Crippen molar-refractivity contribution in [2.45, 2.75) is 12.5 Å². The van der Waals surface area contributed by atoms with Crippen molar-refractivity contribution in [3.8, 4) is 0 Å². The minimum atomic E-state index is -0.301. The lowest BCUT2D eigenvalue weighted by molar-refractivity contribution is 0.170. The molecule has 0 aliphatic heterocycles. The molecule has 1 aromatic rings. The lowest BCUT2D eigenvalue weighted by Crippen LogP contribution is -2.27. The first kappa shape index (κ1) is 13.1. The number of nitrogens with one attached hydrogen (secondary N) is 2. The highest BCUT2D eigenvalue weighted by molar-refractivity contribution is 9.10. The predicted molar refractivity (Wildman–Crippen MR) is 63.5 cm³/mol. The Bertz CT molecular complexity index is 377. The molecular formula is C9H14BrN3O3. The quantitative estimate of drug-likeness (QED) is 0.704. The molecule has 0 aliphatic carbocycles. The zero-order valence-corrected chi connectivity index (χ0v) is 10.5.